The largest absolute Gasteiger partial charge is 0.120 e. The fourth-order valence-corrected chi connectivity index (χ4v) is 1.24. The van der Waals surface area contributed by atoms with Crippen LogP contribution in [0.3, 0.4) is 0 Å². The maximum Gasteiger partial charge on any atom is 0.00886 e. The SMILES string of the molecule is C#CCCCCCCC#CCCCC. The molecule has 0 atom stereocenters. The maximum absolute atomic E-state index is 5.17. The molecule has 0 aromatic heterocycles. The molecule has 0 unspecified atom stereocenters. The summed E-state index contributed by atoms with van der Waals surface area (Å²) < 4.78 is 0. The van der Waals surface area contributed by atoms with Gasteiger partial charge in [-0.25, -0.2) is 0 Å². The molecule has 0 heteroatoms. The molecule has 0 rings (SSSR count). The van der Waals surface area contributed by atoms with E-state index in [4.69, 9.17) is 6.42 Å². The van der Waals surface area contributed by atoms with Gasteiger partial charge in [0.25, 0.3) is 0 Å². The predicted molar refractivity (Wildman–Crippen MR) is 63.8 cm³/mol. The van der Waals surface area contributed by atoms with Crippen molar-refractivity contribution in [2.24, 2.45) is 0 Å². The van der Waals surface area contributed by atoms with E-state index in [1.54, 1.807) is 0 Å². The molecule has 0 bridgehead atoms. The average Bonchev–Trinajstić information content (AvgIpc) is 2.21. The van der Waals surface area contributed by atoms with E-state index in [-0.39, 0.29) is 0 Å². The first-order valence-corrected chi connectivity index (χ1v) is 5.81. The molecule has 0 aliphatic heterocycles. The van der Waals surface area contributed by atoms with Gasteiger partial charge >= 0.3 is 0 Å². The van der Waals surface area contributed by atoms with E-state index >= 15 is 0 Å². The second kappa shape index (κ2) is 12.1. The molecule has 0 spiro atoms. The van der Waals surface area contributed by atoms with E-state index in [0.29, 0.717) is 0 Å². The number of terminal acetylenes is 1. The third-order valence-electron chi connectivity index (χ3n) is 2.15. The molecule has 0 aromatic rings. The zero-order valence-corrected chi connectivity index (χ0v) is 9.44. The van der Waals surface area contributed by atoms with Gasteiger partial charge in [0, 0.05) is 19.3 Å². The van der Waals surface area contributed by atoms with Crippen molar-refractivity contribution in [1.82, 2.24) is 0 Å². The van der Waals surface area contributed by atoms with Crippen molar-refractivity contribution in [2.75, 3.05) is 0 Å². The van der Waals surface area contributed by atoms with Crippen LogP contribution in [0.2, 0.25) is 0 Å². The zero-order valence-electron chi connectivity index (χ0n) is 9.44. The molecule has 0 radical (unpaired) electrons. The Morgan fingerprint density at radius 2 is 1.36 bits per heavy atom. The summed E-state index contributed by atoms with van der Waals surface area (Å²) in [4.78, 5) is 0. The van der Waals surface area contributed by atoms with Gasteiger partial charge in [-0.15, -0.1) is 24.2 Å². The molecule has 0 aliphatic rings. The summed E-state index contributed by atoms with van der Waals surface area (Å²) in [6.45, 7) is 2.20. The van der Waals surface area contributed by atoms with Crippen LogP contribution < -0.4 is 0 Å². The molecule has 0 nitrogen and oxygen atoms in total. The summed E-state index contributed by atoms with van der Waals surface area (Å²) in [7, 11) is 0. The van der Waals surface area contributed by atoms with Crippen molar-refractivity contribution in [3.8, 4) is 24.2 Å². The highest BCUT2D eigenvalue weighted by Gasteiger charge is 1.86. The fraction of sp³-hybridized carbons (Fsp3) is 0.714. The van der Waals surface area contributed by atoms with Gasteiger partial charge in [-0.3, -0.25) is 0 Å². The van der Waals surface area contributed by atoms with Crippen molar-refractivity contribution in [1.29, 1.82) is 0 Å². The highest BCUT2D eigenvalue weighted by atomic mass is 13.9. The van der Waals surface area contributed by atoms with Gasteiger partial charge in [0.05, 0.1) is 0 Å². The normalized spacial score (nSPS) is 8.86. The molecule has 0 aromatic carbocycles. The maximum atomic E-state index is 5.17. The van der Waals surface area contributed by atoms with Crippen molar-refractivity contribution < 1.29 is 0 Å². The summed E-state index contributed by atoms with van der Waals surface area (Å²) in [6.07, 6.45) is 15.7. The Hall–Kier alpha value is -0.880. The van der Waals surface area contributed by atoms with Gasteiger partial charge in [-0.1, -0.05) is 26.2 Å². The topological polar surface area (TPSA) is 0 Å². The summed E-state index contributed by atoms with van der Waals surface area (Å²) in [6, 6.07) is 0. The van der Waals surface area contributed by atoms with Crippen LogP contribution in [-0.4, -0.2) is 0 Å². The zero-order chi connectivity index (χ0) is 10.5. The lowest BCUT2D eigenvalue weighted by molar-refractivity contribution is 0.661. The second-order valence-electron chi connectivity index (χ2n) is 3.58. The van der Waals surface area contributed by atoms with Crippen molar-refractivity contribution in [2.45, 2.75) is 64.7 Å². The number of hydrogen-bond acceptors (Lipinski definition) is 0. The van der Waals surface area contributed by atoms with Gasteiger partial charge in [-0.05, 0) is 19.3 Å². The molecule has 0 N–H and O–H groups in total. The minimum absolute atomic E-state index is 0.933. The molecule has 14 heavy (non-hydrogen) atoms. The Bertz CT molecular complexity index is 196. The molecular formula is C14H22. The van der Waals surface area contributed by atoms with E-state index < -0.39 is 0 Å². The summed E-state index contributed by atoms with van der Waals surface area (Å²) in [5, 5.41) is 0. The first kappa shape index (κ1) is 13.1. The molecular weight excluding hydrogens is 168 g/mol. The van der Waals surface area contributed by atoms with Crippen molar-refractivity contribution >= 4 is 0 Å². The molecule has 0 heterocycles. The Morgan fingerprint density at radius 3 is 1.93 bits per heavy atom. The molecule has 0 aliphatic carbocycles. The Kier molecular flexibility index (Phi) is 11.4. The fourth-order valence-electron chi connectivity index (χ4n) is 1.24. The highest BCUT2D eigenvalue weighted by molar-refractivity contribution is 4.98. The van der Waals surface area contributed by atoms with Gasteiger partial charge in [0.15, 0.2) is 0 Å². The van der Waals surface area contributed by atoms with Crippen LogP contribution >= 0.6 is 0 Å². The summed E-state index contributed by atoms with van der Waals surface area (Å²) in [5.74, 6) is 9.09. The average molecular weight is 190 g/mol. The monoisotopic (exact) mass is 190 g/mol. The number of hydrogen-bond donors (Lipinski definition) is 0. The predicted octanol–water partition coefficient (Wildman–Crippen LogP) is 4.15. The van der Waals surface area contributed by atoms with Gasteiger partial charge in [0.1, 0.15) is 0 Å². The smallest absolute Gasteiger partial charge is 0.00886 e. The van der Waals surface area contributed by atoms with Crippen LogP contribution in [0.5, 0.6) is 0 Å². The number of rotatable bonds is 7. The minimum atomic E-state index is 0.933. The third kappa shape index (κ3) is 11.1. The van der Waals surface area contributed by atoms with Crippen molar-refractivity contribution in [3.05, 3.63) is 0 Å². The van der Waals surface area contributed by atoms with E-state index in [1.165, 1.54) is 38.5 Å². The molecule has 0 saturated heterocycles. The molecule has 0 fully saturated rings. The second-order valence-corrected chi connectivity index (χ2v) is 3.58. The summed E-state index contributed by atoms with van der Waals surface area (Å²) >= 11 is 0. The highest BCUT2D eigenvalue weighted by Crippen LogP contribution is 2.04. The standard InChI is InChI=1S/C14H22/c1-3-5-7-9-11-13-14-12-10-8-6-4-2/h1H,4-9,11,13-14H2,2H3. The number of unbranched alkanes of at least 4 members (excludes halogenated alkanes) is 7. The van der Waals surface area contributed by atoms with Crippen LogP contribution in [-0.2, 0) is 0 Å². The van der Waals surface area contributed by atoms with E-state index in [0.717, 1.165) is 19.3 Å². The Morgan fingerprint density at radius 1 is 0.786 bits per heavy atom. The first-order chi connectivity index (χ1) is 6.91. The van der Waals surface area contributed by atoms with E-state index in [9.17, 15) is 0 Å². The van der Waals surface area contributed by atoms with Gasteiger partial charge in [0.2, 0.25) is 0 Å². The summed E-state index contributed by atoms with van der Waals surface area (Å²) in [5.41, 5.74) is 0. The van der Waals surface area contributed by atoms with Crippen LogP contribution in [0.25, 0.3) is 0 Å². The van der Waals surface area contributed by atoms with E-state index in [2.05, 4.69) is 24.7 Å². The quantitative estimate of drug-likeness (QED) is 0.418. The molecule has 78 valence electrons. The van der Waals surface area contributed by atoms with Crippen molar-refractivity contribution in [3.63, 3.8) is 0 Å². The third-order valence-corrected chi connectivity index (χ3v) is 2.15. The molecule has 0 saturated carbocycles. The lowest BCUT2D eigenvalue weighted by Crippen LogP contribution is -1.77. The Labute approximate surface area is 89.5 Å². The van der Waals surface area contributed by atoms with Crippen LogP contribution in [0.1, 0.15) is 64.7 Å². The molecule has 0 amide bonds. The lowest BCUT2D eigenvalue weighted by atomic mass is 10.1. The Balaban J connectivity index is 3.04. The van der Waals surface area contributed by atoms with Gasteiger partial charge in [-0.2, -0.15) is 0 Å². The van der Waals surface area contributed by atoms with Gasteiger partial charge < -0.3 is 0 Å². The first-order valence-electron chi connectivity index (χ1n) is 5.81. The van der Waals surface area contributed by atoms with Crippen LogP contribution in [0.4, 0.5) is 0 Å². The van der Waals surface area contributed by atoms with Crippen LogP contribution in [0.15, 0.2) is 0 Å². The lowest BCUT2D eigenvalue weighted by Gasteiger charge is -1.94. The van der Waals surface area contributed by atoms with Crippen LogP contribution in [0, 0.1) is 24.2 Å². The van der Waals surface area contributed by atoms with E-state index in [1.807, 2.05) is 0 Å². The minimum Gasteiger partial charge on any atom is -0.120 e.